The second-order valence-electron chi connectivity index (χ2n) is 7.97. The van der Waals surface area contributed by atoms with Crippen LogP contribution >= 0.6 is 0 Å². The van der Waals surface area contributed by atoms with Gasteiger partial charge in [-0.3, -0.25) is 0 Å². The first kappa shape index (κ1) is 21.3. The van der Waals surface area contributed by atoms with Crippen LogP contribution in [0.4, 0.5) is 0 Å². The minimum atomic E-state index is -1.36. The van der Waals surface area contributed by atoms with Crippen molar-refractivity contribution in [3.05, 3.63) is 47.6 Å². The predicted molar refractivity (Wildman–Crippen MR) is 95.5 cm³/mol. The summed E-state index contributed by atoms with van der Waals surface area (Å²) >= 11 is -1.36. The van der Waals surface area contributed by atoms with E-state index in [-0.39, 0.29) is 34.0 Å². The normalized spacial score (nSPS) is 33.1. The molecule has 0 heterocycles. The van der Waals surface area contributed by atoms with Gasteiger partial charge in [-0.25, -0.2) is 0 Å². The molecule has 4 unspecified atom stereocenters. The first-order valence-corrected chi connectivity index (χ1v) is 19.3. The molecule has 0 N–H and O–H groups in total. The topological polar surface area (TPSA) is 0 Å². The number of hydrogen-bond donors (Lipinski definition) is 0. The molecular formula is C20H29Br2SiZr. The summed E-state index contributed by atoms with van der Waals surface area (Å²) in [5.74, 6) is 1.42. The summed E-state index contributed by atoms with van der Waals surface area (Å²) in [5.41, 5.74) is 3.85. The van der Waals surface area contributed by atoms with Crippen LogP contribution in [-0.2, 0) is 20.9 Å². The maximum Gasteiger partial charge on any atom is -1.00 e. The van der Waals surface area contributed by atoms with Crippen LogP contribution in [0.25, 0.3) is 0 Å². The Hall–Kier alpha value is 1.02. The fourth-order valence-corrected chi connectivity index (χ4v) is 30.5. The Bertz CT molecular complexity index is 518. The van der Waals surface area contributed by atoms with Gasteiger partial charge in [0.15, 0.2) is 0 Å². The standard InChI is InChI=1S/2C9H11.C2H7Si.2BrH.Zr/c2*1-2-5-9-7-3-6-8(9)4-1;1-3-2;;;/h2*1-2,4,6,9H,3,5,7H2;3H,1-2H3;2*1H;/q;;;;;+2/p-2. The molecule has 0 aromatic rings. The fraction of sp³-hybridized carbons (Fsp3) is 0.600. The van der Waals surface area contributed by atoms with Gasteiger partial charge in [0.25, 0.3) is 0 Å². The summed E-state index contributed by atoms with van der Waals surface area (Å²) in [4.78, 5) is 0. The number of halogens is 2. The molecule has 24 heavy (non-hydrogen) atoms. The van der Waals surface area contributed by atoms with Crippen molar-refractivity contribution < 1.29 is 54.9 Å². The molecular weight excluding hydrogens is 519 g/mol. The molecule has 0 spiro atoms. The molecule has 0 aromatic heterocycles. The smallest absolute Gasteiger partial charge is 1.00 e. The van der Waals surface area contributed by atoms with Gasteiger partial charge in [-0.05, 0) is 0 Å². The quantitative estimate of drug-likeness (QED) is 0.428. The summed E-state index contributed by atoms with van der Waals surface area (Å²) in [5, 5.41) is 0. The zero-order chi connectivity index (χ0) is 15.1. The molecule has 0 saturated heterocycles. The molecule has 0 nitrogen and oxygen atoms in total. The van der Waals surface area contributed by atoms with E-state index in [2.05, 4.69) is 49.6 Å². The first-order valence-electron chi connectivity index (χ1n) is 9.35. The Kier molecular flexibility index (Phi) is 8.25. The monoisotopic (exact) mass is 545 g/mol. The van der Waals surface area contributed by atoms with Crippen molar-refractivity contribution in [1.29, 1.82) is 0 Å². The maximum absolute atomic E-state index is 2.70. The van der Waals surface area contributed by atoms with Gasteiger partial charge in [-0.15, -0.1) is 0 Å². The molecule has 2 saturated carbocycles. The molecule has 4 atom stereocenters. The summed E-state index contributed by atoms with van der Waals surface area (Å²) in [6.45, 7) is 5.40. The Morgan fingerprint density at radius 2 is 1.25 bits per heavy atom. The van der Waals surface area contributed by atoms with E-state index in [0.29, 0.717) is 0 Å². The zero-order valence-electron chi connectivity index (χ0n) is 14.8. The van der Waals surface area contributed by atoms with Crippen molar-refractivity contribution in [2.75, 3.05) is 0 Å². The molecule has 0 amide bonds. The van der Waals surface area contributed by atoms with Crippen molar-refractivity contribution in [3.63, 3.8) is 0 Å². The van der Waals surface area contributed by atoms with E-state index in [9.17, 15) is 0 Å². The minimum absolute atomic E-state index is 0. The maximum atomic E-state index is 2.70. The Balaban J connectivity index is 0.00000104. The third-order valence-electron chi connectivity index (χ3n) is 6.52. The Morgan fingerprint density at radius 1 is 0.792 bits per heavy atom. The minimum Gasteiger partial charge on any atom is -1.00 e. The summed E-state index contributed by atoms with van der Waals surface area (Å²) in [7, 11) is 0. The number of rotatable bonds is 3. The van der Waals surface area contributed by atoms with Gasteiger partial charge in [0, 0.05) is 0 Å². The van der Waals surface area contributed by atoms with Crippen molar-refractivity contribution in [3.8, 4) is 0 Å². The van der Waals surface area contributed by atoms with Crippen LogP contribution in [0, 0.1) is 11.8 Å². The van der Waals surface area contributed by atoms with Crippen molar-refractivity contribution >= 4 is 5.92 Å². The summed E-state index contributed by atoms with van der Waals surface area (Å²) in [6, 6.07) is 0. The summed E-state index contributed by atoms with van der Waals surface area (Å²) in [6.07, 6.45) is 23.5. The largest absolute Gasteiger partial charge is 1.00 e. The molecule has 0 aliphatic heterocycles. The zero-order valence-corrected chi connectivity index (χ0v) is 21.6. The Labute approximate surface area is 177 Å². The SMILES string of the molecule is C[SiH](C)[Zr+2]([CH]1CCC2CC=CC=C21)[CH]1CCC2CC=CC=C21.[Br-].[Br-]. The molecule has 0 radical (unpaired) electrons. The third-order valence-corrected chi connectivity index (χ3v) is 29.5. The molecule has 4 aliphatic carbocycles. The van der Waals surface area contributed by atoms with Crippen molar-refractivity contribution in [2.45, 2.75) is 58.9 Å². The molecule has 0 bridgehead atoms. The van der Waals surface area contributed by atoms with Crippen LogP contribution in [0.5, 0.6) is 0 Å². The predicted octanol–water partition coefficient (Wildman–Crippen LogP) is -0.234. The van der Waals surface area contributed by atoms with Crippen LogP contribution in [0.15, 0.2) is 47.6 Å². The molecule has 0 aromatic carbocycles. The molecule has 2 fully saturated rings. The van der Waals surface area contributed by atoms with Gasteiger partial charge >= 0.3 is 145 Å². The summed E-state index contributed by atoms with van der Waals surface area (Å²) < 4.78 is 2.22. The van der Waals surface area contributed by atoms with Crippen LogP contribution in [0.2, 0.25) is 20.3 Å². The Morgan fingerprint density at radius 3 is 1.67 bits per heavy atom. The number of hydrogen-bond acceptors (Lipinski definition) is 0. The number of fused-ring (bicyclic) bond motifs is 2. The van der Waals surface area contributed by atoms with Crippen LogP contribution in [-0.4, -0.2) is 5.92 Å². The molecule has 131 valence electrons. The van der Waals surface area contributed by atoms with Gasteiger partial charge in [-0.2, -0.15) is 0 Å². The first-order chi connectivity index (χ1) is 10.8. The second-order valence-corrected chi connectivity index (χ2v) is 28.6. The van der Waals surface area contributed by atoms with E-state index < -0.39 is 26.8 Å². The van der Waals surface area contributed by atoms with Gasteiger partial charge in [0.1, 0.15) is 0 Å². The van der Waals surface area contributed by atoms with Crippen molar-refractivity contribution in [2.24, 2.45) is 11.8 Å². The van der Waals surface area contributed by atoms with Gasteiger partial charge in [-0.1, -0.05) is 0 Å². The molecule has 4 aliphatic rings. The van der Waals surface area contributed by atoms with Crippen molar-refractivity contribution in [1.82, 2.24) is 0 Å². The van der Waals surface area contributed by atoms with E-state index in [1.165, 1.54) is 25.7 Å². The van der Waals surface area contributed by atoms with Gasteiger partial charge in [0.05, 0.1) is 0 Å². The van der Waals surface area contributed by atoms with E-state index in [4.69, 9.17) is 0 Å². The van der Waals surface area contributed by atoms with Crippen LogP contribution in [0.1, 0.15) is 38.5 Å². The van der Waals surface area contributed by atoms with E-state index in [1.807, 2.05) is 11.1 Å². The molecule has 4 rings (SSSR count). The molecule has 4 heteroatoms. The van der Waals surface area contributed by atoms with E-state index in [0.717, 1.165) is 19.1 Å². The fourth-order valence-electron chi connectivity index (χ4n) is 5.59. The van der Waals surface area contributed by atoms with Gasteiger partial charge < -0.3 is 34.0 Å². The third kappa shape index (κ3) is 3.97. The average Bonchev–Trinajstić information content (AvgIpc) is 3.13. The number of allylic oxidation sites excluding steroid dienone is 8. The second kappa shape index (κ2) is 9.29. The van der Waals surface area contributed by atoms with E-state index in [1.54, 1.807) is 12.8 Å². The van der Waals surface area contributed by atoms with E-state index >= 15 is 0 Å². The van der Waals surface area contributed by atoms with Gasteiger partial charge in [0.2, 0.25) is 0 Å². The van der Waals surface area contributed by atoms with Crippen LogP contribution in [0.3, 0.4) is 0 Å². The average molecular weight is 549 g/mol. The van der Waals surface area contributed by atoms with Crippen LogP contribution < -0.4 is 34.0 Å².